The summed E-state index contributed by atoms with van der Waals surface area (Å²) >= 11 is 11.4. The third kappa shape index (κ3) is 3.69. The Morgan fingerprint density at radius 1 is 1.50 bits per heavy atom. The van der Waals surface area contributed by atoms with Crippen LogP contribution >= 0.6 is 22.2 Å². The van der Waals surface area contributed by atoms with Crippen molar-refractivity contribution in [1.82, 2.24) is 9.96 Å². The maximum atomic E-state index is 5.70. The molecule has 0 heterocycles. The molecule has 0 aromatic carbocycles. The van der Waals surface area contributed by atoms with Crippen LogP contribution in [0.3, 0.4) is 0 Å². The minimum Gasteiger partial charge on any atom is -0.304 e. The van der Waals surface area contributed by atoms with Crippen molar-refractivity contribution < 1.29 is 0 Å². The van der Waals surface area contributed by atoms with Crippen LogP contribution in [0, 0.1) is 0 Å². The summed E-state index contributed by atoms with van der Waals surface area (Å²) in [6, 6.07) is 0. The van der Waals surface area contributed by atoms with Crippen molar-refractivity contribution in [3.63, 3.8) is 0 Å². The molecular formula is C3H10Cl2N2Si. The predicted molar refractivity (Wildman–Crippen MR) is 40.2 cm³/mol. The van der Waals surface area contributed by atoms with Gasteiger partial charge in [-0.05, 0) is 13.6 Å². The van der Waals surface area contributed by atoms with Gasteiger partial charge in [-0.1, -0.05) is 6.92 Å². The van der Waals surface area contributed by atoms with E-state index in [1.807, 2.05) is 6.92 Å². The van der Waals surface area contributed by atoms with E-state index in [0.717, 1.165) is 6.54 Å². The molecule has 0 amide bonds. The SMILES string of the molecule is CCN[Si](Cl)(Cl)NC. The predicted octanol–water partition coefficient (Wildman–Crippen LogP) is 0.729. The highest BCUT2D eigenvalue weighted by atomic mass is 35.7. The van der Waals surface area contributed by atoms with E-state index in [-0.39, 0.29) is 0 Å². The van der Waals surface area contributed by atoms with E-state index in [4.69, 9.17) is 22.2 Å². The normalized spacial score (nSPS) is 12.0. The van der Waals surface area contributed by atoms with E-state index in [1.54, 1.807) is 7.05 Å². The van der Waals surface area contributed by atoms with Crippen LogP contribution in [-0.2, 0) is 0 Å². The van der Waals surface area contributed by atoms with Crippen LogP contribution in [0.5, 0.6) is 0 Å². The van der Waals surface area contributed by atoms with Gasteiger partial charge in [-0.3, -0.25) is 0 Å². The third-order valence-electron chi connectivity index (χ3n) is 0.713. The zero-order chi connectivity index (χ0) is 6.62. The Morgan fingerprint density at radius 2 is 2.00 bits per heavy atom. The van der Waals surface area contributed by atoms with Gasteiger partial charge in [0.1, 0.15) is 0 Å². The van der Waals surface area contributed by atoms with Gasteiger partial charge < -0.3 is 9.96 Å². The molecule has 0 spiro atoms. The molecule has 0 fully saturated rings. The molecule has 0 aliphatic heterocycles. The average molecular weight is 173 g/mol. The van der Waals surface area contributed by atoms with Gasteiger partial charge in [-0.2, -0.15) is 0 Å². The second-order valence-corrected chi connectivity index (χ2v) is 7.34. The second kappa shape index (κ2) is 3.69. The van der Waals surface area contributed by atoms with E-state index in [1.165, 1.54) is 0 Å². The number of halogens is 2. The minimum absolute atomic E-state index is 0.806. The summed E-state index contributed by atoms with van der Waals surface area (Å²) in [5.74, 6) is 0. The maximum Gasteiger partial charge on any atom is 0.402 e. The summed E-state index contributed by atoms with van der Waals surface area (Å²) in [5.41, 5.74) is 0. The largest absolute Gasteiger partial charge is 0.402 e. The lowest BCUT2D eigenvalue weighted by Crippen LogP contribution is -2.51. The van der Waals surface area contributed by atoms with E-state index < -0.39 is 7.02 Å². The molecule has 0 bridgehead atoms. The van der Waals surface area contributed by atoms with Crippen LogP contribution in [0.25, 0.3) is 0 Å². The van der Waals surface area contributed by atoms with Crippen molar-refractivity contribution in [2.45, 2.75) is 6.92 Å². The highest BCUT2D eigenvalue weighted by molar-refractivity contribution is 7.43. The molecule has 2 nitrogen and oxygen atoms in total. The van der Waals surface area contributed by atoms with Gasteiger partial charge in [-0.15, -0.1) is 22.2 Å². The van der Waals surface area contributed by atoms with Crippen molar-refractivity contribution in [2.24, 2.45) is 0 Å². The monoisotopic (exact) mass is 172 g/mol. The van der Waals surface area contributed by atoms with Crippen LogP contribution in [-0.4, -0.2) is 20.6 Å². The molecule has 0 atom stereocenters. The summed E-state index contributed by atoms with van der Waals surface area (Å²) in [7, 11) is -0.488. The summed E-state index contributed by atoms with van der Waals surface area (Å²) in [5, 5.41) is 0. The smallest absolute Gasteiger partial charge is 0.304 e. The first-order chi connectivity index (χ1) is 3.62. The molecule has 8 heavy (non-hydrogen) atoms. The van der Waals surface area contributed by atoms with Gasteiger partial charge in [0.25, 0.3) is 0 Å². The Hall–Kier alpha value is 0.717. The lowest BCUT2D eigenvalue weighted by atomic mass is 10.8. The zero-order valence-electron chi connectivity index (χ0n) is 4.96. The van der Waals surface area contributed by atoms with Gasteiger partial charge >= 0.3 is 7.02 Å². The fourth-order valence-corrected chi connectivity index (χ4v) is 1.73. The van der Waals surface area contributed by atoms with Crippen molar-refractivity contribution in [1.29, 1.82) is 0 Å². The van der Waals surface area contributed by atoms with Gasteiger partial charge in [-0.25, -0.2) is 0 Å². The van der Waals surface area contributed by atoms with E-state index in [9.17, 15) is 0 Å². The minimum atomic E-state index is -2.23. The van der Waals surface area contributed by atoms with Crippen LogP contribution in [0.1, 0.15) is 6.92 Å². The first kappa shape index (κ1) is 8.72. The Labute approximate surface area is 60.1 Å². The summed E-state index contributed by atoms with van der Waals surface area (Å²) in [4.78, 5) is 5.73. The number of hydrogen-bond acceptors (Lipinski definition) is 2. The molecule has 0 aliphatic carbocycles. The van der Waals surface area contributed by atoms with Crippen LogP contribution in [0.15, 0.2) is 0 Å². The van der Waals surface area contributed by atoms with Gasteiger partial charge in [0.15, 0.2) is 0 Å². The molecule has 0 unspecified atom stereocenters. The highest BCUT2D eigenvalue weighted by Gasteiger charge is 2.24. The third-order valence-corrected chi connectivity index (χ3v) is 4.07. The molecule has 0 saturated carbocycles. The lowest BCUT2D eigenvalue weighted by Gasteiger charge is -2.13. The molecule has 5 heteroatoms. The Balaban J connectivity index is 3.37. The molecule has 0 saturated heterocycles. The van der Waals surface area contributed by atoms with E-state index in [0.29, 0.717) is 0 Å². The fourth-order valence-electron chi connectivity index (χ4n) is 0.310. The Kier molecular flexibility index (Phi) is 4.02. The Morgan fingerprint density at radius 3 is 2.12 bits per heavy atom. The lowest BCUT2D eigenvalue weighted by molar-refractivity contribution is 0.957. The molecule has 0 aromatic heterocycles. The van der Waals surface area contributed by atoms with E-state index >= 15 is 0 Å². The van der Waals surface area contributed by atoms with Crippen molar-refractivity contribution in [3.8, 4) is 0 Å². The number of nitrogens with one attached hydrogen (secondary N) is 2. The molecule has 0 aromatic rings. The van der Waals surface area contributed by atoms with Crippen LogP contribution < -0.4 is 9.96 Å². The zero-order valence-corrected chi connectivity index (χ0v) is 7.47. The first-order valence-corrected chi connectivity index (χ1v) is 6.46. The van der Waals surface area contributed by atoms with Crippen molar-refractivity contribution >= 4 is 29.2 Å². The summed E-state index contributed by atoms with van der Waals surface area (Å²) in [6.07, 6.45) is 0. The topological polar surface area (TPSA) is 24.1 Å². The average Bonchev–Trinajstić information content (AvgIpc) is 1.67. The van der Waals surface area contributed by atoms with Crippen molar-refractivity contribution in [3.05, 3.63) is 0 Å². The number of rotatable bonds is 3. The van der Waals surface area contributed by atoms with E-state index in [2.05, 4.69) is 9.96 Å². The maximum absolute atomic E-state index is 5.70. The quantitative estimate of drug-likeness (QED) is 0.485. The molecular weight excluding hydrogens is 163 g/mol. The fraction of sp³-hybridized carbons (Fsp3) is 1.00. The molecule has 0 rings (SSSR count). The van der Waals surface area contributed by atoms with Crippen molar-refractivity contribution in [2.75, 3.05) is 13.6 Å². The molecule has 50 valence electrons. The molecule has 0 radical (unpaired) electrons. The first-order valence-electron chi connectivity index (χ1n) is 2.44. The van der Waals surface area contributed by atoms with Gasteiger partial charge in [0, 0.05) is 0 Å². The van der Waals surface area contributed by atoms with Gasteiger partial charge in [0.2, 0.25) is 0 Å². The van der Waals surface area contributed by atoms with Crippen LogP contribution in [0.4, 0.5) is 0 Å². The Bertz CT molecular complexity index is 68.3. The second-order valence-electron chi connectivity index (χ2n) is 1.35. The van der Waals surface area contributed by atoms with Gasteiger partial charge in [0.05, 0.1) is 0 Å². The summed E-state index contributed by atoms with van der Waals surface area (Å²) < 4.78 is 0. The van der Waals surface area contributed by atoms with Crippen LogP contribution in [0.2, 0.25) is 0 Å². The molecule has 2 N–H and O–H groups in total. The molecule has 0 aliphatic rings. The standard InChI is InChI=1S/C3H10Cl2N2Si/c1-3-7-8(4,5)6-2/h6-7H,3H2,1-2H3. The number of hydrogen-bond donors (Lipinski definition) is 2. The highest BCUT2D eigenvalue weighted by Crippen LogP contribution is 2.03. The summed E-state index contributed by atoms with van der Waals surface area (Å²) in [6.45, 7) is 2.77.